The fourth-order valence-corrected chi connectivity index (χ4v) is 19.1. The fraction of sp³-hybridized carbons (Fsp3) is 0.0175. The molecule has 1 aliphatic rings. The third kappa shape index (κ3) is 12.2. The highest BCUT2D eigenvalue weighted by molar-refractivity contribution is 9.10. The van der Waals surface area contributed by atoms with Crippen molar-refractivity contribution in [2.45, 2.75) is 13.8 Å². The van der Waals surface area contributed by atoms with Gasteiger partial charge in [-0.15, -0.1) is 0 Å². The Morgan fingerprint density at radius 2 is 0.415 bits per heavy atom. The first-order valence-corrected chi connectivity index (χ1v) is 41.1. The molecule has 1 aliphatic carbocycles. The minimum absolute atomic E-state index is 0. The van der Waals surface area contributed by atoms with Gasteiger partial charge in [0.2, 0.25) is 0 Å². The zero-order valence-corrected chi connectivity index (χ0v) is 65.6. The van der Waals surface area contributed by atoms with Crippen LogP contribution in [-0.2, 0) is 6.42 Å². The third-order valence-corrected chi connectivity index (χ3v) is 24.6. The quantitative estimate of drug-likeness (QED) is 0.128. The molecule has 4 heteroatoms. The minimum Gasteiger partial charge on any atom is -0.309 e. The first-order valence-electron chi connectivity index (χ1n) is 40.3. The van der Waals surface area contributed by atoms with Crippen molar-refractivity contribution in [2.75, 3.05) is 0 Å². The summed E-state index contributed by atoms with van der Waals surface area (Å²) in [5.74, 6) is 0. The van der Waals surface area contributed by atoms with Crippen LogP contribution in [0.5, 0.6) is 0 Å². The van der Waals surface area contributed by atoms with E-state index in [2.05, 4.69) is 466 Å². The van der Waals surface area contributed by atoms with Gasteiger partial charge in [0.25, 0.3) is 0 Å². The van der Waals surface area contributed by atoms with Gasteiger partial charge in [-0.05, 0) is 236 Å². The van der Waals surface area contributed by atoms with Crippen LogP contribution >= 0.6 is 15.9 Å². The maximum absolute atomic E-state index is 3.56. The molecule has 3 nitrogen and oxygen atoms in total. The highest BCUT2D eigenvalue weighted by Crippen LogP contribution is 2.48. The predicted octanol–water partition coefficient (Wildman–Crippen LogP) is 31.9. The summed E-state index contributed by atoms with van der Waals surface area (Å²) in [4.78, 5) is 0. The zero-order chi connectivity index (χ0) is 77.4. The Bertz CT molecular complexity index is 7580. The third-order valence-electron chi connectivity index (χ3n) is 24.1. The number of nitrogens with zero attached hydrogens (tertiary/aromatic N) is 3. The highest BCUT2D eigenvalue weighted by atomic mass is 79.9. The normalized spacial score (nSPS) is 11.7. The molecule has 3 aromatic heterocycles. The largest absolute Gasteiger partial charge is 0.309 e. The van der Waals surface area contributed by atoms with Crippen molar-refractivity contribution in [2.24, 2.45) is 0 Å². The molecule has 0 fully saturated rings. The van der Waals surface area contributed by atoms with Crippen LogP contribution in [0.4, 0.5) is 0 Å². The van der Waals surface area contributed by atoms with Gasteiger partial charge in [0.15, 0.2) is 0 Å². The number of hydrogen-bond acceptors (Lipinski definition) is 0. The van der Waals surface area contributed by atoms with Crippen LogP contribution < -0.4 is 0 Å². The van der Waals surface area contributed by atoms with Crippen molar-refractivity contribution in [3.8, 4) is 95.0 Å². The molecule has 0 saturated heterocycles. The summed E-state index contributed by atoms with van der Waals surface area (Å²) >= 11 is 3.56. The number of benzene rings is 20. The van der Waals surface area contributed by atoms with Crippen molar-refractivity contribution < 1.29 is 0 Å². The molecule has 24 rings (SSSR count). The van der Waals surface area contributed by atoms with Crippen LogP contribution in [0.1, 0.15) is 18.6 Å². The molecule has 0 amide bonds. The van der Waals surface area contributed by atoms with Crippen molar-refractivity contribution in [3.63, 3.8) is 0 Å². The van der Waals surface area contributed by atoms with E-state index in [0.29, 0.717) is 0 Å². The van der Waals surface area contributed by atoms with E-state index in [0.717, 1.165) is 22.3 Å². The lowest BCUT2D eigenvalue weighted by Crippen LogP contribution is -1.95. The number of halogens is 1. The molecule has 0 atom stereocenters. The Morgan fingerprint density at radius 3 is 0.780 bits per heavy atom. The molecule has 20 aromatic carbocycles. The van der Waals surface area contributed by atoms with Crippen molar-refractivity contribution >= 4 is 124 Å². The van der Waals surface area contributed by atoms with Crippen LogP contribution in [-0.4, -0.2) is 13.7 Å². The Labute approximate surface area is 694 Å². The average molecular weight is 1570 g/mol. The van der Waals surface area contributed by atoms with Gasteiger partial charge in [0.05, 0.1) is 33.1 Å². The molecule has 556 valence electrons. The molecule has 118 heavy (non-hydrogen) atoms. The highest BCUT2D eigenvalue weighted by Gasteiger charge is 2.23. The molecular weight excluding hydrogens is 1490 g/mol. The first-order chi connectivity index (χ1) is 58.0. The van der Waals surface area contributed by atoms with Crippen molar-refractivity contribution in [1.82, 2.24) is 13.7 Å². The van der Waals surface area contributed by atoms with E-state index in [-0.39, 0.29) is 7.43 Å². The van der Waals surface area contributed by atoms with Crippen LogP contribution in [0.2, 0.25) is 0 Å². The van der Waals surface area contributed by atoms with Crippen LogP contribution in [0.3, 0.4) is 0 Å². The summed E-state index contributed by atoms with van der Waals surface area (Å²) in [5.41, 5.74) is 31.5. The minimum atomic E-state index is 0. The predicted molar refractivity (Wildman–Crippen MR) is 508 cm³/mol. The Balaban J connectivity index is 0.000000121. The average Bonchev–Trinajstić information content (AvgIpc) is 1.39. The first kappa shape index (κ1) is 71.1. The molecule has 0 N–H and O–H groups in total. The van der Waals surface area contributed by atoms with E-state index in [1.54, 1.807) is 0 Å². The number of aromatic nitrogens is 3. The Hall–Kier alpha value is -14.7. The van der Waals surface area contributed by atoms with Gasteiger partial charge in [0, 0.05) is 53.9 Å². The van der Waals surface area contributed by atoms with Crippen molar-refractivity contribution in [1.29, 1.82) is 0 Å². The summed E-state index contributed by atoms with van der Waals surface area (Å²) in [6.45, 7) is 0. The van der Waals surface area contributed by atoms with Gasteiger partial charge in [-0.1, -0.05) is 363 Å². The maximum atomic E-state index is 3.56. The lowest BCUT2D eigenvalue weighted by Gasteiger charge is -2.18. The molecular formula is C114H78BrN3. The number of para-hydroxylation sites is 5. The summed E-state index contributed by atoms with van der Waals surface area (Å²) in [6.07, 6.45) is 1.04. The van der Waals surface area contributed by atoms with E-state index < -0.39 is 0 Å². The molecule has 0 spiro atoms. The molecule has 3 heterocycles. The van der Waals surface area contributed by atoms with Gasteiger partial charge in [-0.2, -0.15) is 0 Å². The van der Waals surface area contributed by atoms with Crippen LogP contribution in [0, 0.1) is 0 Å². The summed E-state index contributed by atoms with van der Waals surface area (Å²) in [6, 6.07) is 159. The smallest absolute Gasteiger partial charge is 0.0541 e. The zero-order valence-electron chi connectivity index (χ0n) is 64.0. The van der Waals surface area contributed by atoms with E-state index >= 15 is 0 Å². The van der Waals surface area contributed by atoms with Crippen molar-refractivity contribution in [3.05, 3.63) is 452 Å². The van der Waals surface area contributed by atoms with Gasteiger partial charge < -0.3 is 13.7 Å². The summed E-state index contributed by atoms with van der Waals surface area (Å²) < 4.78 is 8.26. The molecule has 0 radical (unpaired) electrons. The molecule has 0 unspecified atom stereocenters. The standard InChI is InChI=1S/C56H36N2.C31H21N.C26H17Br.CH4/c1-2-14-38(15-3-1)55-46-19-4-6-21-48(46)56(49-22-7-5-20-47(49)55)39-28-33-42(34-29-39)58-53-25-13-10-18-45(53)50-36-40(30-35-54(50)58)37-26-31-41(32-27-37)57-51-23-11-8-16-43(51)44-17-9-12-24-52(44)57;1-2-8-26-23(7-1)19-24-14-13-22(20-29(24)26)21-15-17-25(18-16-21)32-30-11-5-3-9-27(30)28-10-4-6-12-31(28)32;27-20-16-14-19(15-17-20)26-23-12-6-4-10-21(23)25(18-8-2-1-3-9-18)22-11-5-7-13-24(22)26;/h1-36H;1-18,20H,19H2;1-17H;1H4. The summed E-state index contributed by atoms with van der Waals surface area (Å²) in [7, 11) is 0. The SMILES string of the molecule is Brc1ccc(-c2c3ccccc3c(-c3ccccc3)c3ccccc23)cc1.C.c1ccc(-c2c3ccccc3c(-c3ccc(-n4c5ccccc5c5cc(-c6ccc(-n7c8ccccc8c8ccccc87)cc6)ccc54)cc3)c3ccccc23)cc1.c1ccc2c(c1)Cc1ccc(-c3ccc(-n4c5ccccc5c5ccccc54)cc3)cc1-2. The fourth-order valence-electron chi connectivity index (χ4n) is 18.8. The van der Waals surface area contributed by atoms with E-state index in [9.17, 15) is 0 Å². The molecule has 0 aliphatic heterocycles. The number of rotatable bonds is 9. The van der Waals surface area contributed by atoms with E-state index in [1.807, 2.05) is 0 Å². The van der Waals surface area contributed by atoms with Gasteiger partial charge in [0.1, 0.15) is 0 Å². The second-order valence-electron chi connectivity index (χ2n) is 30.6. The number of fused-ring (bicyclic) bond motifs is 16. The molecule has 0 saturated carbocycles. The van der Waals surface area contributed by atoms with Gasteiger partial charge in [-0.3, -0.25) is 0 Å². The maximum Gasteiger partial charge on any atom is 0.0541 e. The number of hydrogen-bond donors (Lipinski definition) is 0. The van der Waals surface area contributed by atoms with E-state index in [1.165, 1.54) is 203 Å². The lowest BCUT2D eigenvalue weighted by molar-refractivity contribution is 1.18. The molecule has 23 aromatic rings. The van der Waals surface area contributed by atoms with Gasteiger partial charge >= 0.3 is 0 Å². The topological polar surface area (TPSA) is 14.8 Å². The van der Waals surface area contributed by atoms with Crippen LogP contribution in [0.15, 0.2) is 441 Å². The Morgan fingerprint density at radius 1 is 0.169 bits per heavy atom. The lowest BCUT2D eigenvalue weighted by atomic mass is 9.86. The van der Waals surface area contributed by atoms with E-state index in [4.69, 9.17) is 0 Å². The van der Waals surface area contributed by atoms with Gasteiger partial charge in [-0.25, -0.2) is 0 Å². The monoisotopic (exact) mass is 1570 g/mol. The second-order valence-corrected chi connectivity index (χ2v) is 31.5. The molecule has 0 bridgehead atoms. The summed E-state index contributed by atoms with van der Waals surface area (Å²) in [5, 5.41) is 17.9. The second kappa shape index (κ2) is 29.9. The van der Waals surface area contributed by atoms with Crippen LogP contribution in [0.25, 0.3) is 203 Å². The Kier molecular flexibility index (Phi) is 18.0.